The first-order chi connectivity index (χ1) is 14.2. The lowest BCUT2D eigenvalue weighted by Gasteiger charge is -2.10. The Balaban J connectivity index is 1.59. The summed E-state index contributed by atoms with van der Waals surface area (Å²) in [6.07, 6.45) is 0. The molecule has 156 valence electrons. The molecule has 0 aliphatic rings. The molecule has 1 amide bonds. The van der Waals surface area contributed by atoms with Crippen molar-refractivity contribution in [1.82, 2.24) is 0 Å². The molecule has 0 saturated heterocycles. The second-order valence-electron chi connectivity index (χ2n) is 6.05. The Hall–Kier alpha value is -2.45. The third-order valence-corrected chi connectivity index (χ3v) is 6.16. The van der Waals surface area contributed by atoms with E-state index in [0.717, 1.165) is 0 Å². The highest BCUT2D eigenvalue weighted by Gasteiger charge is 2.15. The molecule has 3 aromatic carbocycles. The van der Waals surface area contributed by atoms with E-state index in [2.05, 4.69) is 10.0 Å². The molecule has 6 nitrogen and oxygen atoms in total. The van der Waals surface area contributed by atoms with Crippen LogP contribution in [0.1, 0.15) is 0 Å². The van der Waals surface area contributed by atoms with Crippen LogP contribution in [0.15, 0.2) is 71.6 Å². The normalized spacial score (nSPS) is 11.0. The van der Waals surface area contributed by atoms with Gasteiger partial charge in [-0.1, -0.05) is 40.9 Å². The van der Waals surface area contributed by atoms with Crippen LogP contribution >= 0.6 is 34.8 Å². The largest absolute Gasteiger partial charge is 0.484 e. The zero-order chi connectivity index (χ0) is 21.7. The molecule has 3 aromatic rings. The van der Waals surface area contributed by atoms with E-state index in [1.807, 2.05) is 0 Å². The van der Waals surface area contributed by atoms with E-state index in [1.165, 1.54) is 42.5 Å². The van der Waals surface area contributed by atoms with Crippen LogP contribution in [0.25, 0.3) is 0 Å². The average Bonchev–Trinajstić information content (AvgIpc) is 2.69. The van der Waals surface area contributed by atoms with Crippen molar-refractivity contribution >= 4 is 62.1 Å². The molecule has 0 fully saturated rings. The Kier molecular flexibility index (Phi) is 7.10. The number of rotatable bonds is 7. The van der Waals surface area contributed by atoms with Crippen LogP contribution < -0.4 is 14.8 Å². The highest BCUT2D eigenvalue weighted by Crippen LogP contribution is 2.27. The number of carbonyl (C=O) groups is 1. The highest BCUT2D eigenvalue weighted by molar-refractivity contribution is 7.92. The molecule has 0 saturated carbocycles. The van der Waals surface area contributed by atoms with Gasteiger partial charge in [0, 0.05) is 10.7 Å². The van der Waals surface area contributed by atoms with Crippen molar-refractivity contribution in [3.8, 4) is 5.75 Å². The van der Waals surface area contributed by atoms with Crippen molar-refractivity contribution < 1.29 is 17.9 Å². The molecule has 0 bridgehead atoms. The Morgan fingerprint density at radius 1 is 0.867 bits per heavy atom. The minimum Gasteiger partial charge on any atom is -0.484 e. The van der Waals surface area contributed by atoms with E-state index in [0.29, 0.717) is 21.5 Å². The topological polar surface area (TPSA) is 84.5 Å². The van der Waals surface area contributed by atoms with Gasteiger partial charge in [0.25, 0.3) is 15.9 Å². The van der Waals surface area contributed by atoms with Crippen molar-refractivity contribution in [3.63, 3.8) is 0 Å². The molecule has 0 unspecified atom stereocenters. The van der Waals surface area contributed by atoms with Crippen molar-refractivity contribution in [2.24, 2.45) is 0 Å². The third-order valence-electron chi connectivity index (χ3n) is 3.78. The number of amides is 1. The van der Waals surface area contributed by atoms with Gasteiger partial charge in [0.05, 0.1) is 20.6 Å². The summed E-state index contributed by atoms with van der Waals surface area (Å²) in [4.78, 5) is 12.0. The molecule has 0 heterocycles. The number of anilines is 2. The Labute approximate surface area is 188 Å². The summed E-state index contributed by atoms with van der Waals surface area (Å²) in [6.45, 7) is -0.250. The molecule has 0 aromatic heterocycles. The average molecular weight is 486 g/mol. The second kappa shape index (κ2) is 9.57. The van der Waals surface area contributed by atoms with Crippen LogP contribution in [-0.4, -0.2) is 20.9 Å². The maximum absolute atomic E-state index is 12.5. The molecule has 2 N–H and O–H groups in total. The van der Waals surface area contributed by atoms with E-state index in [-0.39, 0.29) is 28.1 Å². The zero-order valence-electron chi connectivity index (χ0n) is 15.2. The van der Waals surface area contributed by atoms with E-state index in [1.54, 1.807) is 24.3 Å². The number of hydrogen-bond donors (Lipinski definition) is 2. The van der Waals surface area contributed by atoms with Crippen LogP contribution in [0.2, 0.25) is 15.1 Å². The van der Waals surface area contributed by atoms with Gasteiger partial charge in [-0.15, -0.1) is 0 Å². The van der Waals surface area contributed by atoms with Crippen LogP contribution in [0.3, 0.4) is 0 Å². The summed E-state index contributed by atoms with van der Waals surface area (Å²) >= 11 is 17.6. The van der Waals surface area contributed by atoms with E-state index < -0.39 is 10.0 Å². The summed E-state index contributed by atoms with van der Waals surface area (Å²) in [6, 6.07) is 16.8. The van der Waals surface area contributed by atoms with Gasteiger partial charge in [-0.2, -0.15) is 0 Å². The predicted molar refractivity (Wildman–Crippen MR) is 119 cm³/mol. The maximum Gasteiger partial charge on any atom is 0.262 e. The number of nitrogens with one attached hydrogen (secondary N) is 2. The molecule has 3 rings (SSSR count). The Morgan fingerprint density at radius 3 is 2.27 bits per heavy atom. The third kappa shape index (κ3) is 6.03. The van der Waals surface area contributed by atoms with Gasteiger partial charge in [-0.05, 0) is 60.7 Å². The molecule has 0 spiro atoms. The molecule has 10 heteroatoms. The van der Waals surface area contributed by atoms with Crippen molar-refractivity contribution in [2.75, 3.05) is 16.6 Å². The summed E-state index contributed by atoms with van der Waals surface area (Å²) in [5, 5.41) is 3.70. The van der Waals surface area contributed by atoms with E-state index in [4.69, 9.17) is 39.5 Å². The number of ether oxygens (including phenoxy) is 1. The van der Waals surface area contributed by atoms with Crippen molar-refractivity contribution in [2.45, 2.75) is 4.90 Å². The lowest BCUT2D eigenvalue weighted by Crippen LogP contribution is -2.20. The predicted octanol–water partition coefficient (Wildman–Crippen LogP) is 5.47. The fourth-order valence-corrected chi connectivity index (χ4v) is 3.94. The minimum absolute atomic E-state index is 0.0179. The van der Waals surface area contributed by atoms with E-state index in [9.17, 15) is 13.2 Å². The first kappa shape index (κ1) is 22.2. The van der Waals surface area contributed by atoms with Crippen LogP contribution in [-0.2, 0) is 14.8 Å². The second-order valence-corrected chi connectivity index (χ2v) is 8.99. The van der Waals surface area contributed by atoms with Gasteiger partial charge in [0.15, 0.2) is 6.61 Å². The fraction of sp³-hybridized carbons (Fsp3) is 0.0500. The molecule has 0 aliphatic carbocycles. The van der Waals surface area contributed by atoms with E-state index >= 15 is 0 Å². The number of hydrogen-bond acceptors (Lipinski definition) is 4. The molecular weight excluding hydrogens is 471 g/mol. The number of halogens is 3. The summed E-state index contributed by atoms with van der Waals surface area (Å²) in [7, 11) is -3.83. The maximum atomic E-state index is 12.5. The first-order valence-electron chi connectivity index (χ1n) is 8.49. The zero-order valence-corrected chi connectivity index (χ0v) is 18.3. The Morgan fingerprint density at radius 2 is 1.60 bits per heavy atom. The molecule has 0 atom stereocenters. The lowest BCUT2D eigenvalue weighted by molar-refractivity contribution is -0.118. The summed E-state index contributed by atoms with van der Waals surface area (Å²) in [5.74, 6) is -0.0417. The quantitative estimate of drug-likeness (QED) is 0.465. The van der Waals surface area contributed by atoms with Crippen molar-refractivity contribution in [1.29, 1.82) is 0 Å². The lowest BCUT2D eigenvalue weighted by atomic mass is 10.3. The van der Waals surface area contributed by atoms with Gasteiger partial charge < -0.3 is 10.1 Å². The van der Waals surface area contributed by atoms with Gasteiger partial charge >= 0.3 is 0 Å². The Bertz CT molecular complexity index is 1170. The molecular formula is C20H15Cl3N2O4S. The monoisotopic (exact) mass is 484 g/mol. The molecule has 0 radical (unpaired) electrons. The highest BCUT2D eigenvalue weighted by atomic mass is 35.5. The van der Waals surface area contributed by atoms with Gasteiger partial charge in [-0.25, -0.2) is 8.42 Å². The smallest absolute Gasteiger partial charge is 0.262 e. The van der Waals surface area contributed by atoms with Crippen LogP contribution in [0.5, 0.6) is 5.75 Å². The summed E-state index contributed by atoms with van der Waals surface area (Å²) < 4.78 is 32.8. The van der Waals surface area contributed by atoms with Crippen LogP contribution in [0, 0.1) is 0 Å². The van der Waals surface area contributed by atoms with Gasteiger partial charge in [0.1, 0.15) is 5.75 Å². The fourth-order valence-electron chi connectivity index (χ4n) is 2.40. The SMILES string of the molecule is O=C(COc1ccc(S(=O)(=O)Nc2ccc(Cl)c(Cl)c2)cc1)Nc1cccc(Cl)c1. The number of sulfonamides is 1. The standard InChI is InChI=1S/C20H15Cl3N2O4S/c21-13-2-1-3-14(10-13)24-20(26)12-29-16-5-7-17(8-6-16)30(27,28)25-15-4-9-18(22)19(23)11-15/h1-11,25H,12H2,(H,24,26). The minimum atomic E-state index is -3.83. The first-order valence-corrected chi connectivity index (χ1v) is 11.1. The van der Waals surface area contributed by atoms with Gasteiger partial charge in [0.2, 0.25) is 0 Å². The molecule has 30 heavy (non-hydrogen) atoms. The number of benzene rings is 3. The van der Waals surface area contributed by atoms with Gasteiger partial charge in [-0.3, -0.25) is 9.52 Å². The summed E-state index contributed by atoms with van der Waals surface area (Å²) in [5.41, 5.74) is 0.827. The number of carbonyl (C=O) groups excluding carboxylic acids is 1. The molecule has 0 aliphatic heterocycles. The van der Waals surface area contributed by atoms with Crippen LogP contribution in [0.4, 0.5) is 11.4 Å². The van der Waals surface area contributed by atoms with Crippen molar-refractivity contribution in [3.05, 3.63) is 81.8 Å².